The molecule has 2 N–H and O–H groups in total. The molecule has 0 spiro atoms. The number of fused-ring (bicyclic) bond motifs is 1. The zero-order chi connectivity index (χ0) is 27.2. The number of carbonyl (C=O) groups excluding carboxylic acids is 1. The van der Waals surface area contributed by atoms with Crippen molar-refractivity contribution in [2.45, 2.75) is 39.0 Å². The van der Waals surface area contributed by atoms with Gasteiger partial charge in [-0.05, 0) is 50.6 Å². The predicted octanol–water partition coefficient (Wildman–Crippen LogP) is 4.38. The Labute approximate surface area is 228 Å². The third-order valence-corrected chi connectivity index (χ3v) is 6.28. The van der Waals surface area contributed by atoms with Crippen molar-refractivity contribution < 1.29 is 23.7 Å². The molecule has 0 bridgehead atoms. The summed E-state index contributed by atoms with van der Waals surface area (Å²) in [6.45, 7) is 9.51. The highest BCUT2D eigenvalue weighted by Gasteiger charge is 2.30. The maximum Gasteiger partial charge on any atom is 0.410 e. The number of anilines is 2. The average Bonchev–Trinajstić information content (AvgIpc) is 2.93. The van der Waals surface area contributed by atoms with Gasteiger partial charge >= 0.3 is 6.09 Å². The number of amides is 1. The highest BCUT2D eigenvalue weighted by Crippen LogP contribution is 2.38. The molecule has 1 saturated heterocycles. The predicted molar refractivity (Wildman–Crippen MR) is 147 cm³/mol. The molecule has 1 atom stereocenters. The van der Waals surface area contributed by atoms with E-state index in [1.165, 1.54) is 0 Å². The number of hydrogen-bond donors (Lipinski definition) is 2. The van der Waals surface area contributed by atoms with Crippen LogP contribution in [0.1, 0.15) is 26.3 Å². The molecule has 0 radical (unpaired) electrons. The molecule has 1 fully saturated rings. The lowest BCUT2D eigenvalue weighted by atomic mass is 10.1. The Hall–Kier alpha value is -3.89. The Morgan fingerprint density at radius 2 is 1.87 bits per heavy atom. The molecule has 1 unspecified atom stereocenters. The summed E-state index contributed by atoms with van der Waals surface area (Å²) < 4.78 is 22.6. The molecule has 0 saturated carbocycles. The fraction of sp³-hybridized carbons (Fsp3) is 0.414. The number of rotatable bonds is 7. The topological polar surface area (TPSA) is 107 Å². The van der Waals surface area contributed by atoms with Crippen LogP contribution >= 0.6 is 0 Å². The number of aromatic nitrogens is 2. The van der Waals surface area contributed by atoms with Gasteiger partial charge in [0, 0.05) is 30.9 Å². The van der Waals surface area contributed by atoms with E-state index in [1.807, 2.05) is 63.2 Å². The zero-order valence-electron chi connectivity index (χ0n) is 22.6. The number of ether oxygens (including phenoxy) is 4. The Bertz CT molecular complexity index is 1260. The van der Waals surface area contributed by atoms with E-state index in [4.69, 9.17) is 18.9 Å². The van der Waals surface area contributed by atoms with Crippen molar-refractivity contribution in [3.63, 3.8) is 0 Å². The first-order chi connectivity index (χ1) is 18.9. The lowest BCUT2D eigenvalue weighted by Crippen LogP contribution is -2.54. The molecule has 2 aliphatic rings. The number of carbonyl (C=O) groups is 1. The Kier molecular flexibility index (Phi) is 8.13. The number of nitrogens with zero attached hydrogens (tertiary/aromatic N) is 3. The molecule has 1 aromatic heterocycles. The van der Waals surface area contributed by atoms with E-state index < -0.39 is 5.60 Å². The SMILES string of the molecule is CC(C)(C)OC(=O)N1CCOCC1CNCc1ccc(Nc2cnc(-c3cccc4c3OCCO4)cn2)cc1. The molecule has 10 nitrogen and oxygen atoms in total. The van der Waals surface area contributed by atoms with Crippen LogP contribution in [0.5, 0.6) is 11.5 Å². The fourth-order valence-corrected chi connectivity index (χ4v) is 4.43. The van der Waals surface area contributed by atoms with Gasteiger partial charge in [-0.2, -0.15) is 0 Å². The van der Waals surface area contributed by atoms with Gasteiger partial charge < -0.3 is 29.6 Å². The van der Waals surface area contributed by atoms with Crippen molar-refractivity contribution in [3.8, 4) is 22.8 Å². The smallest absolute Gasteiger partial charge is 0.410 e. The molecule has 10 heteroatoms. The molecule has 5 rings (SSSR count). The van der Waals surface area contributed by atoms with Crippen LogP contribution in [0.3, 0.4) is 0 Å². The second kappa shape index (κ2) is 11.9. The average molecular weight is 534 g/mol. The Morgan fingerprint density at radius 1 is 1.05 bits per heavy atom. The number of nitrogens with one attached hydrogen (secondary N) is 2. The van der Waals surface area contributed by atoms with E-state index in [1.54, 1.807) is 17.3 Å². The lowest BCUT2D eigenvalue weighted by Gasteiger charge is -2.36. The summed E-state index contributed by atoms with van der Waals surface area (Å²) >= 11 is 0. The molecular formula is C29H35N5O5. The van der Waals surface area contributed by atoms with Gasteiger partial charge in [0.2, 0.25) is 0 Å². The van der Waals surface area contributed by atoms with Gasteiger partial charge in [0.05, 0.1) is 37.3 Å². The van der Waals surface area contributed by atoms with E-state index in [0.29, 0.717) is 57.6 Å². The first-order valence-electron chi connectivity index (χ1n) is 13.2. The molecule has 2 aromatic carbocycles. The van der Waals surface area contributed by atoms with Gasteiger partial charge in [-0.3, -0.25) is 9.88 Å². The summed E-state index contributed by atoms with van der Waals surface area (Å²) in [7, 11) is 0. The standard InChI is InChI=1S/C29H35N5O5/c1-29(2,3)39-28(35)34-11-12-36-19-22(34)16-30-15-20-7-9-21(10-8-20)33-26-18-31-24(17-32-26)23-5-4-6-25-27(23)38-14-13-37-25/h4-10,17-18,22,30H,11-16,19H2,1-3H3,(H,32,33). The molecule has 1 amide bonds. The first-order valence-corrected chi connectivity index (χ1v) is 13.2. The van der Waals surface area contributed by atoms with Gasteiger partial charge in [-0.1, -0.05) is 18.2 Å². The van der Waals surface area contributed by atoms with Crippen LogP contribution in [0.4, 0.5) is 16.3 Å². The quantitative estimate of drug-likeness (QED) is 0.457. The molecule has 2 aliphatic heterocycles. The van der Waals surface area contributed by atoms with Crippen LogP contribution in [-0.4, -0.2) is 72.1 Å². The van der Waals surface area contributed by atoms with E-state index in [9.17, 15) is 4.79 Å². The van der Waals surface area contributed by atoms with Crippen molar-refractivity contribution in [2.75, 3.05) is 44.8 Å². The summed E-state index contributed by atoms with van der Waals surface area (Å²) in [5, 5.41) is 6.73. The van der Waals surface area contributed by atoms with E-state index in [2.05, 4.69) is 20.6 Å². The van der Waals surface area contributed by atoms with Gasteiger partial charge in [-0.15, -0.1) is 0 Å². The van der Waals surface area contributed by atoms with Crippen molar-refractivity contribution in [2.24, 2.45) is 0 Å². The number of para-hydroxylation sites is 1. The molecular weight excluding hydrogens is 498 g/mol. The van der Waals surface area contributed by atoms with Gasteiger partial charge in [0.15, 0.2) is 11.5 Å². The summed E-state index contributed by atoms with van der Waals surface area (Å²) in [6.07, 6.45) is 3.13. The van der Waals surface area contributed by atoms with E-state index in [0.717, 1.165) is 28.3 Å². The van der Waals surface area contributed by atoms with Gasteiger partial charge in [-0.25, -0.2) is 9.78 Å². The fourth-order valence-electron chi connectivity index (χ4n) is 4.43. The molecule has 3 heterocycles. The number of benzene rings is 2. The third-order valence-electron chi connectivity index (χ3n) is 6.28. The normalized spacial score (nSPS) is 17.0. The van der Waals surface area contributed by atoms with Gasteiger partial charge in [0.25, 0.3) is 0 Å². The number of morpholine rings is 1. The van der Waals surface area contributed by atoms with Crippen molar-refractivity contribution >= 4 is 17.6 Å². The second-order valence-electron chi connectivity index (χ2n) is 10.5. The van der Waals surface area contributed by atoms with E-state index in [-0.39, 0.29) is 12.1 Å². The Balaban J connectivity index is 1.13. The van der Waals surface area contributed by atoms with Crippen LogP contribution in [0, 0.1) is 0 Å². The zero-order valence-corrected chi connectivity index (χ0v) is 22.6. The van der Waals surface area contributed by atoms with Crippen LogP contribution in [-0.2, 0) is 16.0 Å². The van der Waals surface area contributed by atoms with Crippen molar-refractivity contribution in [1.29, 1.82) is 0 Å². The minimum absolute atomic E-state index is 0.0726. The van der Waals surface area contributed by atoms with Crippen molar-refractivity contribution in [3.05, 3.63) is 60.4 Å². The van der Waals surface area contributed by atoms with Crippen LogP contribution in [0.15, 0.2) is 54.9 Å². The summed E-state index contributed by atoms with van der Waals surface area (Å²) in [4.78, 5) is 23.5. The molecule has 206 valence electrons. The molecule has 39 heavy (non-hydrogen) atoms. The third kappa shape index (κ3) is 6.96. The van der Waals surface area contributed by atoms with Crippen LogP contribution in [0.25, 0.3) is 11.3 Å². The monoisotopic (exact) mass is 533 g/mol. The van der Waals surface area contributed by atoms with Gasteiger partial charge in [0.1, 0.15) is 24.6 Å². The number of hydrogen-bond acceptors (Lipinski definition) is 9. The largest absolute Gasteiger partial charge is 0.486 e. The molecule has 0 aliphatic carbocycles. The summed E-state index contributed by atoms with van der Waals surface area (Å²) in [5.41, 5.74) is 3.09. The maximum absolute atomic E-state index is 12.6. The summed E-state index contributed by atoms with van der Waals surface area (Å²) in [6, 6.07) is 13.8. The van der Waals surface area contributed by atoms with Crippen LogP contribution < -0.4 is 20.1 Å². The first kappa shape index (κ1) is 26.7. The minimum atomic E-state index is -0.525. The second-order valence-corrected chi connectivity index (χ2v) is 10.5. The lowest BCUT2D eigenvalue weighted by molar-refractivity contribution is -0.0317. The highest BCUT2D eigenvalue weighted by atomic mass is 16.6. The molecule has 3 aromatic rings. The minimum Gasteiger partial charge on any atom is -0.486 e. The Morgan fingerprint density at radius 3 is 2.64 bits per heavy atom. The summed E-state index contributed by atoms with van der Waals surface area (Å²) in [5.74, 6) is 2.08. The van der Waals surface area contributed by atoms with Crippen LogP contribution in [0.2, 0.25) is 0 Å². The highest BCUT2D eigenvalue weighted by molar-refractivity contribution is 5.71. The van der Waals surface area contributed by atoms with E-state index >= 15 is 0 Å². The van der Waals surface area contributed by atoms with Crippen molar-refractivity contribution in [1.82, 2.24) is 20.2 Å². The maximum atomic E-state index is 12.6.